The van der Waals surface area contributed by atoms with Crippen molar-refractivity contribution in [2.45, 2.75) is 26.8 Å². The average molecular weight is 297 g/mol. The highest BCUT2D eigenvalue weighted by molar-refractivity contribution is 9.10. The molecule has 2 N–H and O–H groups in total. The van der Waals surface area contributed by atoms with Crippen molar-refractivity contribution < 1.29 is 0 Å². The summed E-state index contributed by atoms with van der Waals surface area (Å²) in [6.45, 7) is 7.60. The third kappa shape index (κ3) is 2.83. The van der Waals surface area contributed by atoms with Gasteiger partial charge in [-0.3, -0.25) is 0 Å². The van der Waals surface area contributed by atoms with Crippen molar-refractivity contribution in [3.05, 3.63) is 28.2 Å². The van der Waals surface area contributed by atoms with E-state index < -0.39 is 0 Å². The Morgan fingerprint density at radius 3 is 2.76 bits per heavy atom. The predicted molar refractivity (Wildman–Crippen MR) is 77.2 cm³/mol. The number of hydrogen-bond donors (Lipinski definition) is 1. The minimum atomic E-state index is 0.593. The molecule has 0 radical (unpaired) electrons. The van der Waals surface area contributed by atoms with Crippen LogP contribution in [-0.4, -0.2) is 13.1 Å². The fourth-order valence-corrected chi connectivity index (χ4v) is 2.99. The summed E-state index contributed by atoms with van der Waals surface area (Å²) in [5.41, 5.74) is 8.16. The summed E-state index contributed by atoms with van der Waals surface area (Å²) in [6.07, 6.45) is 1.31. The summed E-state index contributed by atoms with van der Waals surface area (Å²) in [5, 5.41) is 0. The Kier molecular flexibility index (Phi) is 4.10. The van der Waals surface area contributed by atoms with Crippen LogP contribution in [0.4, 0.5) is 5.69 Å². The van der Waals surface area contributed by atoms with Crippen molar-refractivity contribution in [2.75, 3.05) is 18.0 Å². The minimum absolute atomic E-state index is 0.593. The number of nitrogens with two attached hydrogens (primary N) is 1. The molecule has 2 rings (SSSR count). The molecule has 1 unspecified atom stereocenters. The van der Waals surface area contributed by atoms with Gasteiger partial charge in [-0.1, -0.05) is 35.8 Å². The Morgan fingerprint density at radius 1 is 1.47 bits per heavy atom. The molecule has 17 heavy (non-hydrogen) atoms. The van der Waals surface area contributed by atoms with Crippen LogP contribution in [0.15, 0.2) is 22.7 Å². The molecule has 0 amide bonds. The van der Waals surface area contributed by atoms with Crippen LogP contribution in [0, 0.1) is 11.8 Å². The standard InChI is InChI=1S/C14H21BrN2/c1-10(2)12-5-6-17(9-12)13-4-3-11(8-16)14(15)7-13/h3-4,7,10,12H,5-6,8-9,16H2,1-2H3. The third-order valence-corrected chi connectivity index (χ3v) is 4.53. The largest absolute Gasteiger partial charge is 0.371 e. The van der Waals surface area contributed by atoms with Crippen molar-refractivity contribution >= 4 is 21.6 Å². The van der Waals surface area contributed by atoms with E-state index in [0.29, 0.717) is 6.54 Å². The number of rotatable bonds is 3. The molecule has 0 bridgehead atoms. The van der Waals surface area contributed by atoms with Crippen LogP contribution >= 0.6 is 15.9 Å². The van der Waals surface area contributed by atoms with E-state index in [1.807, 2.05) is 0 Å². The highest BCUT2D eigenvalue weighted by Crippen LogP contribution is 2.30. The van der Waals surface area contributed by atoms with Gasteiger partial charge in [0, 0.05) is 29.8 Å². The van der Waals surface area contributed by atoms with Gasteiger partial charge >= 0.3 is 0 Å². The van der Waals surface area contributed by atoms with Gasteiger partial charge < -0.3 is 10.6 Å². The van der Waals surface area contributed by atoms with Gasteiger partial charge in [0.2, 0.25) is 0 Å². The van der Waals surface area contributed by atoms with Crippen LogP contribution in [-0.2, 0) is 6.54 Å². The molecule has 1 aliphatic rings. The van der Waals surface area contributed by atoms with Gasteiger partial charge in [0.25, 0.3) is 0 Å². The maximum absolute atomic E-state index is 5.67. The molecule has 1 aromatic rings. The summed E-state index contributed by atoms with van der Waals surface area (Å²) in [4.78, 5) is 2.48. The molecule has 1 aliphatic heterocycles. The number of halogens is 1. The molecule has 1 aromatic carbocycles. The lowest BCUT2D eigenvalue weighted by Gasteiger charge is -2.21. The zero-order valence-electron chi connectivity index (χ0n) is 10.6. The molecule has 3 heteroatoms. The van der Waals surface area contributed by atoms with Gasteiger partial charge in [-0.25, -0.2) is 0 Å². The van der Waals surface area contributed by atoms with Gasteiger partial charge in [-0.2, -0.15) is 0 Å². The van der Waals surface area contributed by atoms with Crippen LogP contribution in [0.1, 0.15) is 25.8 Å². The van der Waals surface area contributed by atoms with Gasteiger partial charge in [-0.05, 0) is 36.0 Å². The fourth-order valence-electron chi connectivity index (χ4n) is 2.46. The van der Waals surface area contributed by atoms with Crippen molar-refractivity contribution in [1.82, 2.24) is 0 Å². The zero-order valence-corrected chi connectivity index (χ0v) is 12.2. The van der Waals surface area contributed by atoms with Gasteiger partial charge in [0.15, 0.2) is 0 Å². The molecule has 0 aromatic heterocycles. The Morgan fingerprint density at radius 2 is 2.24 bits per heavy atom. The van der Waals surface area contributed by atoms with Crippen LogP contribution in [0.2, 0.25) is 0 Å². The molecule has 1 atom stereocenters. The number of anilines is 1. The fraction of sp³-hybridized carbons (Fsp3) is 0.571. The number of hydrogen-bond acceptors (Lipinski definition) is 2. The predicted octanol–water partition coefficient (Wildman–Crippen LogP) is 3.39. The Balaban J connectivity index is 2.11. The lowest BCUT2D eigenvalue weighted by molar-refractivity contribution is 0.423. The van der Waals surface area contributed by atoms with Gasteiger partial charge in [0.1, 0.15) is 0 Å². The van der Waals surface area contributed by atoms with Crippen LogP contribution in [0.5, 0.6) is 0 Å². The molecule has 0 aliphatic carbocycles. The molecular weight excluding hydrogens is 276 g/mol. The molecule has 2 nitrogen and oxygen atoms in total. The Hall–Kier alpha value is -0.540. The third-order valence-electron chi connectivity index (χ3n) is 3.79. The lowest BCUT2D eigenvalue weighted by atomic mass is 9.95. The number of benzene rings is 1. The SMILES string of the molecule is CC(C)C1CCN(c2ccc(CN)c(Br)c2)C1. The Labute approximate surface area is 112 Å². The Bertz CT molecular complexity index is 390. The first-order chi connectivity index (χ1) is 8.11. The quantitative estimate of drug-likeness (QED) is 0.926. The molecule has 0 saturated carbocycles. The van der Waals surface area contributed by atoms with Crippen molar-refractivity contribution in [1.29, 1.82) is 0 Å². The van der Waals surface area contributed by atoms with Crippen LogP contribution < -0.4 is 10.6 Å². The smallest absolute Gasteiger partial charge is 0.0377 e. The first-order valence-electron chi connectivity index (χ1n) is 6.35. The summed E-state index contributed by atoms with van der Waals surface area (Å²) in [5.74, 6) is 1.62. The molecule has 94 valence electrons. The van der Waals surface area contributed by atoms with E-state index in [-0.39, 0.29) is 0 Å². The lowest BCUT2D eigenvalue weighted by Crippen LogP contribution is -2.21. The second-order valence-corrected chi connectivity index (χ2v) is 6.07. The van der Waals surface area contributed by atoms with E-state index in [4.69, 9.17) is 5.73 Å². The highest BCUT2D eigenvalue weighted by atomic mass is 79.9. The van der Waals surface area contributed by atoms with Gasteiger partial charge in [-0.15, -0.1) is 0 Å². The van der Waals surface area contributed by atoms with Crippen molar-refractivity contribution in [2.24, 2.45) is 17.6 Å². The summed E-state index contributed by atoms with van der Waals surface area (Å²) in [6, 6.07) is 6.52. The van der Waals surface area contributed by atoms with E-state index in [0.717, 1.165) is 16.3 Å². The van der Waals surface area contributed by atoms with E-state index in [2.05, 4.69) is 52.9 Å². The van der Waals surface area contributed by atoms with Gasteiger partial charge in [0.05, 0.1) is 0 Å². The van der Waals surface area contributed by atoms with E-state index in [1.54, 1.807) is 0 Å². The first-order valence-corrected chi connectivity index (χ1v) is 7.14. The summed E-state index contributed by atoms with van der Waals surface area (Å²) >= 11 is 3.59. The van der Waals surface area contributed by atoms with Crippen LogP contribution in [0.25, 0.3) is 0 Å². The average Bonchev–Trinajstić information content (AvgIpc) is 2.78. The van der Waals surface area contributed by atoms with E-state index in [9.17, 15) is 0 Å². The number of nitrogens with zero attached hydrogens (tertiary/aromatic N) is 1. The molecular formula is C14H21BrN2. The second kappa shape index (κ2) is 5.40. The maximum Gasteiger partial charge on any atom is 0.0377 e. The minimum Gasteiger partial charge on any atom is -0.371 e. The summed E-state index contributed by atoms with van der Waals surface area (Å²) < 4.78 is 1.13. The zero-order chi connectivity index (χ0) is 12.4. The highest BCUT2D eigenvalue weighted by Gasteiger charge is 2.25. The maximum atomic E-state index is 5.67. The van der Waals surface area contributed by atoms with E-state index in [1.165, 1.54) is 30.8 Å². The molecule has 1 saturated heterocycles. The monoisotopic (exact) mass is 296 g/mol. The summed E-state index contributed by atoms with van der Waals surface area (Å²) in [7, 11) is 0. The molecule has 0 spiro atoms. The van der Waals surface area contributed by atoms with Crippen LogP contribution in [0.3, 0.4) is 0 Å². The first kappa shape index (κ1) is 12.9. The van der Waals surface area contributed by atoms with Crippen molar-refractivity contribution in [3.8, 4) is 0 Å². The van der Waals surface area contributed by atoms with Crippen molar-refractivity contribution in [3.63, 3.8) is 0 Å². The topological polar surface area (TPSA) is 29.3 Å². The van der Waals surface area contributed by atoms with E-state index >= 15 is 0 Å². The normalized spacial score (nSPS) is 20.3. The second-order valence-electron chi connectivity index (χ2n) is 5.22. The molecule has 1 heterocycles. The molecule has 1 fully saturated rings.